The van der Waals surface area contributed by atoms with Crippen molar-refractivity contribution in [2.24, 2.45) is 5.73 Å². The van der Waals surface area contributed by atoms with Crippen LogP contribution in [-0.4, -0.2) is 64.4 Å². The van der Waals surface area contributed by atoms with Gasteiger partial charge in [-0.15, -0.1) is 10.2 Å². The fraction of sp³-hybridized carbons (Fsp3) is 0.667. The molecule has 7 nitrogen and oxygen atoms in total. The van der Waals surface area contributed by atoms with Crippen LogP contribution < -0.4 is 10.6 Å². The average Bonchev–Trinajstić information content (AvgIpc) is 3.17. The first-order chi connectivity index (χ1) is 10.7. The number of nitrogens with two attached hydrogens (primary N) is 1. The van der Waals surface area contributed by atoms with Gasteiger partial charge in [0, 0.05) is 25.2 Å². The molecule has 3 N–H and O–H groups in total. The third-order valence-electron chi connectivity index (χ3n) is 4.73. The van der Waals surface area contributed by atoms with E-state index in [4.69, 9.17) is 5.73 Å². The van der Waals surface area contributed by atoms with Crippen LogP contribution >= 0.6 is 0 Å². The van der Waals surface area contributed by atoms with Crippen LogP contribution in [0.2, 0.25) is 0 Å². The second kappa shape index (κ2) is 6.58. The van der Waals surface area contributed by atoms with Crippen LogP contribution in [0.4, 0.5) is 5.82 Å². The number of rotatable bonds is 5. The monoisotopic (exact) mass is 305 g/mol. The molecule has 120 valence electrons. The fourth-order valence-electron chi connectivity index (χ4n) is 3.55. The minimum absolute atomic E-state index is 0.194. The number of amides is 1. The van der Waals surface area contributed by atoms with Gasteiger partial charge >= 0.3 is 0 Å². The summed E-state index contributed by atoms with van der Waals surface area (Å²) in [6.07, 6.45) is 4.48. The average molecular weight is 305 g/mol. The maximum Gasteiger partial charge on any atom is 0.269 e. The molecule has 0 aliphatic carbocycles. The Morgan fingerprint density at radius 1 is 1.23 bits per heavy atom. The lowest BCUT2D eigenvalue weighted by Gasteiger charge is -2.31. The first-order valence-electron chi connectivity index (χ1n) is 7.94. The molecule has 0 radical (unpaired) electrons. The number of aliphatic hydroxyl groups excluding tert-OH is 1. The van der Waals surface area contributed by atoms with Crippen LogP contribution in [-0.2, 0) is 0 Å². The quantitative estimate of drug-likeness (QED) is 0.795. The van der Waals surface area contributed by atoms with Crippen LogP contribution in [0, 0.1) is 0 Å². The molecule has 2 atom stereocenters. The van der Waals surface area contributed by atoms with E-state index in [0.717, 1.165) is 51.1 Å². The van der Waals surface area contributed by atoms with Gasteiger partial charge in [0.1, 0.15) is 0 Å². The normalized spacial score (nSPS) is 25.8. The van der Waals surface area contributed by atoms with Gasteiger partial charge in [-0.1, -0.05) is 0 Å². The number of aliphatic hydroxyl groups is 1. The van der Waals surface area contributed by atoms with Crippen LogP contribution in [0.3, 0.4) is 0 Å². The van der Waals surface area contributed by atoms with Gasteiger partial charge in [0.15, 0.2) is 11.5 Å². The van der Waals surface area contributed by atoms with Crippen molar-refractivity contribution in [3.8, 4) is 0 Å². The molecule has 0 bridgehead atoms. The van der Waals surface area contributed by atoms with E-state index in [-0.39, 0.29) is 12.3 Å². The van der Waals surface area contributed by atoms with Crippen LogP contribution in [0.5, 0.6) is 0 Å². The summed E-state index contributed by atoms with van der Waals surface area (Å²) in [7, 11) is 0. The summed E-state index contributed by atoms with van der Waals surface area (Å²) in [5.41, 5.74) is 5.39. The van der Waals surface area contributed by atoms with Gasteiger partial charge in [0.05, 0.1) is 6.61 Å². The molecule has 1 aromatic heterocycles. The standard InChI is InChI=1S/C15H23N5O2/c16-15(22)13-5-6-14(18-17-13)20-8-2-3-11(20)9-19-7-1-4-12(19)10-21/h5-6,11-12,21H,1-4,7-10H2,(H2,16,22). The largest absolute Gasteiger partial charge is 0.395 e. The van der Waals surface area contributed by atoms with Gasteiger partial charge in [0.2, 0.25) is 0 Å². The zero-order valence-electron chi connectivity index (χ0n) is 12.7. The molecule has 0 saturated carbocycles. The van der Waals surface area contributed by atoms with E-state index < -0.39 is 5.91 Å². The zero-order chi connectivity index (χ0) is 15.5. The smallest absolute Gasteiger partial charge is 0.269 e. The number of hydrogen-bond acceptors (Lipinski definition) is 6. The minimum atomic E-state index is -0.556. The SMILES string of the molecule is NC(=O)c1ccc(N2CCCC2CN2CCCC2CO)nn1. The maximum atomic E-state index is 11.1. The first-order valence-corrected chi connectivity index (χ1v) is 7.94. The summed E-state index contributed by atoms with van der Waals surface area (Å²) >= 11 is 0. The Balaban J connectivity index is 1.68. The molecule has 7 heteroatoms. The van der Waals surface area contributed by atoms with Crippen LogP contribution in [0.15, 0.2) is 12.1 Å². The van der Waals surface area contributed by atoms with E-state index in [0.29, 0.717) is 12.1 Å². The Hall–Kier alpha value is -1.73. The van der Waals surface area contributed by atoms with E-state index in [9.17, 15) is 9.90 Å². The van der Waals surface area contributed by atoms with Crippen molar-refractivity contribution in [2.75, 3.05) is 31.1 Å². The molecule has 2 unspecified atom stereocenters. The van der Waals surface area contributed by atoms with E-state index in [1.54, 1.807) is 6.07 Å². The van der Waals surface area contributed by atoms with Crippen molar-refractivity contribution in [1.82, 2.24) is 15.1 Å². The van der Waals surface area contributed by atoms with Gasteiger partial charge in [-0.25, -0.2) is 0 Å². The van der Waals surface area contributed by atoms with Crippen molar-refractivity contribution >= 4 is 11.7 Å². The zero-order valence-corrected chi connectivity index (χ0v) is 12.7. The predicted molar refractivity (Wildman–Crippen MR) is 82.6 cm³/mol. The number of anilines is 1. The molecule has 1 aromatic rings. The molecule has 3 heterocycles. The highest BCUT2D eigenvalue weighted by atomic mass is 16.3. The van der Waals surface area contributed by atoms with Crippen molar-refractivity contribution in [1.29, 1.82) is 0 Å². The molecule has 2 fully saturated rings. The number of carbonyl (C=O) groups is 1. The summed E-state index contributed by atoms with van der Waals surface area (Å²) < 4.78 is 0. The van der Waals surface area contributed by atoms with Crippen LogP contribution in [0.1, 0.15) is 36.2 Å². The summed E-state index contributed by atoms with van der Waals surface area (Å²) in [5.74, 6) is 0.243. The second-order valence-corrected chi connectivity index (χ2v) is 6.10. The lowest BCUT2D eigenvalue weighted by atomic mass is 10.2. The fourth-order valence-corrected chi connectivity index (χ4v) is 3.55. The van der Waals surface area contributed by atoms with Gasteiger partial charge in [-0.3, -0.25) is 9.69 Å². The lowest BCUT2D eigenvalue weighted by Crippen LogP contribution is -2.43. The summed E-state index contributed by atoms with van der Waals surface area (Å²) in [6, 6.07) is 4.14. The maximum absolute atomic E-state index is 11.1. The second-order valence-electron chi connectivity index (χ2n) is 6.10. The van der Waals surface area contributed by atoms with Crippen molar-refractivity contribution < 1.29 is 9.90 Å². The van der Waals surface area contributed by atoms with E-state index in [1.165, 1.54) is 0 Å². The Morgan fingerprint density at radius 3 is 2.68 bits per heavy atom. The number of likely N-dealkylation sites (tertiary alicyclic amines) is 1. The highest BCUT2D eigenvalue weighted by Crippen LogP contribution is 2.26. The van der Waals surface area contributed by atoms with Crippen LogP contribution in [0.25, 0.3) is 0 Å². The Bertz CT molecular complexity index is 521. The molecule has 0 spiro atoms. The Kier molecular flexibility index (Phi) is 4.54. The number of carbonyl (C=O) groups excluding carboxylic acids is 1. The highest BCUT2D eigenvalue weighted by molar-refractivity contribution is 5.90. The molecule has 2 saturated heterocycles. The van der Waals surface area contributed by atoms with Crippen molar-refractivity contribution in [2.45, 2.75) is 37.8 Å². The molecule has 2 aliphatic rings. The van der Waals surface area contributed by atoms with Gasteiger partial charge in [-0.2, -0.15) is 0 Å². The van der Waals surface area contributed by atoms with E-state index in [1.807, 2.05) is 6.07 Å². The molecule has 22 heavy (non-hydrogen) atoms. The third kappa shape index (κ3) is 3.05. The van der Waals surface area contributed by atoms with Crippen molar-refractivity contribution in [3.05, 3.63) is 17.8 Å². The van der Waals surface area contributed by atoms with E-state index in [2.05, 4.69) is 20.0 Å². The molecule has 1 amide bonds. The number of nitrogens with zero attached hydrogens (tertiary/aromatic N) is 4. The van der Waals surface area contributed by atoms with Gasteiger partial charge in [-0.05, 0) is 44.4 Å². The predicted octanol–water partition coefficient (Wildman–Crippen LogP) is 0.001000. The molecule has 3 rings (SSSR count). The molecule has 2 aliphatic heterocycles. The highest BCUT2D eigenvalue weighted by Gasteiger charge is 2.32. The first kappa shape index (κ1) is 15.2. The number of aromatic nitrogens is 2. The molecular weight excluding hydrogens is 282 g/mol. The Morgan fingerprint density at radius 2 is 2.00 bits per heavy atom. The minimum Gasteiger partial charge on any atom is -0.395 e. The number of primary amides is 1. The molecular formula is C15H23N5O2. The van der Waals surface area contributed by atoms with Gasteiger partial charge in [0.25, 0.3) is 5.91 Å². The summed E-state index contributed by atoms with van der Waals surface area (Å²) in [5, 5.41) is 17.5. The summed E-state index contributed by atoms with van der Waals surface area (Å²) in [6.45, 7) is 3.19. The molecule has 0 aromatic carbocycles. The van der Waals surface area contributed by atoms with Crippen molar-refractivity contribution in [3.63, 3.8) is 0 Å². The summed E-state index contributed by atoms with van der Waals surface area (Å²) in [4.78, 5) is 15.7. The Labute approximate surface area is 130 Å². The number of hydrogen-bond donors (Lipinski definition) is 2. The lowest BCUT2D eigenvalue weighted by molar-refractivity contribution is 0.0994. The topological polar surface area (TPSA) is 95.6 Å². The van der Waals surface area contributed by atoms with Gasteiger partial charge < -0.3 is 15.7 Å². The van der Waals surface area contributed by atoms with E-state index >= 15 is 0 Å². The third-order valence-corrected chi connectivity index (χ3v) is 4.73.